The number of nitrogens with zero attached hydrogens (tertiary/aromatic N) is 1. The van der Waals surface area contributed by atoms with Gasteiger partial charge >= 0.3 is 0 Å². The summed E-state index contributed by atoms with van der Waals surface area (Å²) in [6, 6.07) is 41.6. The van der Waals surface area contributed by atoms with Crippen LogP contribution in [0.15, 0.2) is 121 Å². The van der Waals surface area contributed by atoms with Gasteiger partial charge in [-0.3, -0.25) is 4.98 Å². The van der Waals surface area contributed by atoms with Gasteiger partial charge in [-0.25, -0.2) is 4.39 Å². The SMILES string of the molecule is Cc1cc(-c2ccc(F)cc2)c(C[P+](c2ccccc2)(c2ccccc2)c2ccccc2)c(C)n1. The van der Waals surface area contributed by atoms with Crippen LogP contribution in [0.5, 0.6) is 0 Å². The lowest BCUT2D eigenvalue weighted by atomic mass is 9.99. The fourth-order valence-corrected chi connectivity index (χ4v) is 9.31. The van der Waals surface area contributed by atoms with Crippen molar-refractivity contribution in [3.63, 3.8) is 0 Å². The molecule has 0 saturated carbocycles. The summed E-state index contributed by atoms with van der Waals surface area (Å²) in [4.78, 5) is 4.89. The molecule has 1 aromatic heterocycles. The van der Waals surface area contributed by atoms with E-state index < -0.39 is 7.26 Å². The molecule has 0 aliphatic heterocycles. The Morgan fingerprint density at radius 3 is 1.54 bits per heavy atom. The van der Waals surface area contributed by atoms with Gasteiger partial charge in [0.25, 0.3) is 0 Å². The first-order valence-electron chi connectivity index (χ1n) is 11.9. The van der Waals surface area contributed by atoms with Crippen LogP contribution >= 0.6 is 7.26 Å². The number of pyridine rings is 1. The predicted molar refractivity (Wildman–Crippen MR) is 148 cm³/mol. The van der Waals surface area contributed by atoms with Crippen LogP contribution in [0.25, 0.3) is 11.1 Å². The van der Waals surface area contributed by atoms with Gasteiger partial charge in [-0.05, 0) is 79.6 Å². The Hall–Kier alpha value is -3.61. The van der Waals surface area contributed by atoms with E-state index in [-0.39, 0.29) is 5.82 Å². The van der Waals surface area contributed by atoms with Crippen LogP contribution in [0.1, 0.15) is 17.0 Å². The Kier molecular flexibility index (Phi) is 6.57. The average molecular weight is 477 g/mol. The summed E-state index contributed by atoms with van der Waals surface area (Å²) in [6.45, 7) is 4.13. The molecule has 0 saturated heterocycles. The highest BCUT2D eigenvalue weighted by Crippen LogP contribution is 2.59. The Morgan fingerprint density at radius 2 is 1.09 bits per heavy atom. The zero-order valence-corrected chi connectivity index (χ0v) is 20.9. The van der Waals surface area contributed by atoms with E-state index >= 15 is 0 Å². The normalized spacial score (nSPS) is 11.4. The van der Waals surface area contributed by atoms with Crippen molar-refractivity contribution in [1.82, 2.24) is 4.98 Å². The minimum atomic E-state index is -2.09. The first-order chi connectivity index (χ1) is 17.1. The lowest BCUT2D eigenvalue weighted by Gasteiger charge is -2.29. The standard InChI is InChI=1S/C32H28FNP/c1-24-22-31(26-18-20-27(33)21-19-26)32(25(2)34-24)23-35(28-12-6-3-7-13-28,29-14-8-4-9-15-29)30-16-10-5-11-17-30/h3-22H,23H2,1-2H3/q+1. The summed E-state index contributed by atoms with van der Waals surface area (Å²) in [6.07, 6.45) is 0.830. The largest absolute Gasteiger partial charge is 0.258 e. The third-order valence-electron chi connectivity index (χ3n) is 6.60. The molecule has 0 N–H and O–H groups in total. The van der Waals surface area contributed by atoms with E-state index in [1.807, 2.05) is 19.1 Å². The molecule has 0 unspecified atom stereocenters. The van der Waals surface area contributed by atoms with E-state index in [1.54, 1.807) is 0 Å². The van der Waals surface area contributed by atoms with Crippen molar-refractivity contribution in [3.05, 3.63) is 144 Å². The van der Waals surface area contributed by atoms with E-state index in [0.29, 0.717) is 0 Å². The number of rotatable bonds is 6. The Labute approximate surface area is 207 Å². The number of benzene rings is 4. The topological polar surface area (TPSA) is 12.9 Å². The second kappa shape index (κ2) is 9.94. The zero-order valence-electron chi connectivity index (χ0n) is 20.0. The van der Waals surface area contributed by atoms with Gasteiger partial charge in [0.15, 0.2) is 0 Å². The lowest BCUT2D eigenvalue weighted by molar-refractivity contribution is 0.628. The Morgan fingerprint density at radius 1 is 0.629 bits per heavy atom. The second-order valence-corrected chi connectivity index (χ2v) is 12.3. The molecular formula is C32H28FNP+. The van der Waals surface area contributed by atoms with Crippen molar-refractivity contribution in [2.24, 2.45) is 0 Å². The van der Waals surface area contributed by atoms with E-state index in [4.69, 9.17) is 4.98 Å². The van der Waals surface area contributed by atoms with Gasteiger partial charge in [-0.2, -0.15) is 0 Å². The number of halogens is 1. The molecule has 0 fully saturated rings. The van der Waals surface area contributed by atoms with Crippen molar-refractivity contribution < 1.29 is 4.39 Å². The summed E-state index contributed by atoms with van der Waals surface area (Å²) in [7, 11) is -2.09. The highest BCUT2D eigenvalue weighted by Gasteiger charge is 2.46. The summed E-state index contributed by atoms with van der Waals surface area (Å²) < 4.78 is 13.8. The van der Waals surface area contributed by atoms with Gasteiger partial charge in [-0.15, -0.1) is 0 Å². The third kappa shape index (κ3) is 4.55. The number of hydrogen-bond acceptors (Lipinski definition) is 1. The van der Waals surface area contributed by atoms with Crippen LogP contribution < -0.4 is 15.9 Å². The maximum Gasteiger partial charge on any atom is 0.123 e. The van der Waals surface area contributed by atoms with Crippen LogP contribution in [0, 0.1) is 19.7 Å². The van der Waals surface area contributed by atoms with E-state index in [1.165, 1.54) is 33.6 Å². The van der Waals surface area contributed by atoms with Gasteiger partial charge in [-0.1, -0.05) is 66.7 Å². The molecule has 1 heterocycles. The van der Waals surface area contributed by atoms with Crippen LogP contribution in [0.2, 0.25) is 0 Å². The zero-order chi connectivity index (χ0) is 24.3. The molecule has 4 aromatic carbocycles. The van der Waals surface area contributed by atoms with Crippen molar-refractivity contribution in [2.45, 2.75) is 20.0 Å². The number of hydrogen-bond donors (Lipinski definition) is 0. The minimum absolute atomic E-state index is 0.225. The van der Waals surface area contributed by atoms with E-state index in [0.717, 1.165) is 28.7 Å². The third-order valence-corrected chi connectivity index (χ3v) is 10.9. The molecule has 3 heteroatoms. The monoisotopic (exact) mass is 476 g/mol. The van der Waals surface area contributed by atoms with Gasteiger partial charge in [0.1, 0.15) is 35.2 Å². The van der Waals surface area contributed by atoms with Gasteiger partial charge in [0.05, 0.1) is 0 Å². The maximum absolute atomic E-state index is 13.8. The summed E-state index contributed by atoms with van der Waals surface area (Å²) in [5.74, 6) is -0.225. The van der Waals surface area contributed by atoms with Gasteiger partial charge in [0, 0.05) is 17.0 Å². The first-order valence-corrected chi connectivity index (χ1v) is 13.8. The highest BCUT2D eigenvalue weighted by molar-refractivity contribution is 7.95. The molecular weight excluding hydrogens is 448 g/mol. The first kappa shape index (κ1) is 23.1. The molecule has 35 heavy (non-hydrogen) atoms. The number of aryl methyl sites for hydroxylation is 2. The fraction of sp³-hybridized carbons (Fsp3) is 0.0938. The summed E-state index contributed by atoms with van der Waals surface area (Å²) >= 11 is 0. The fourth-order valence-electron chi connectivity index (χ4n) is 4.95. The predicted octanol–water partition coefficient (Wildman–Crippen LogP) is 7.00. The number of aromatic nitrogens is 1. The van der Waals surface area contributed by atoms with Crippen LogP contribution in [-0.2, 0) is 6.16 Å². The molecule has 0 amide bonds. The molecule has 0 radical (unpaired) electrons. The van der Waals surface area contributed by atoms with Gasteiger partial charge < -0.3 is 0 Å². The smallest absolute Gasteiger partial charge is 0.123 e. The van der Waals surface area contributed by atoms with Crippen molar-refractivity contribution in [3.8, 4) is 11.1 Å². The molecule has 0 atom stereocenters. The molecule has 5 aromatic rings. The Balaban J connectivity index is 1.81. The van der Waals surface area contributed by atoms with Crippen molar-refractivity contribution in [1.29, 1.82) is 0 Å². The lowest BCUT2D eigenvalue weighted by Crippen LogP contribution is -2.32. The molecule has 0 spiro atoms. The molecule has 0 bridgehead atoms. The van der Waals surface area contributed by atoms with Crippen LogP contribution in [0.4, 0.5) is 4.39 Å². The average Bonchev–Trinajstić information content (AvgIpc) is 2.90. The van der Waals surface area contributed by atoms with Crippen molar-refractivity contribution in [2.75, 3.05) is 0 Å². The molecule has 5 rings (SSSR count). The van der Waals surface area contributed by atoms with Crippen LogP contribution in [0.3, 0.4) is 0 Å². The molecule has 0 aliphatic carbocycles. The minimum Gasteiger partial charge on any atom is -0.258 e. The summed E-state index contributed by atoms with van der Waals surface area (Å²) in [5.41, 5.74) is 5.35. The maximum atomic E-state index is 13.8. The van der Waals surface area contributed by atoms with Crippen molar-refractivity contribution >= 4 is 23.2 Å². The summed E-state index contributed by atoms with van der Waals surface area (Å²) in [5, 5.41) is 4.01. The molecule has 172 valence electrons. The van der Waals surface area contributed by atoms with Crippen LogP contribution in [-0.4, -0.2) is 4.98 Å². The quantitative estimate of drug-likeness (QED) is 0.241. The van der Waals surface area contributed by atoms with E-state index in [9.17, 15) is 4.39 Å². The van der Waals surface area contributed by atoms with Gasteiger partial charge in [0.2, 0.25) is 0 Å². The molecule has 0 aliphatic rings. The van der Waals surface area contributed by atoms with E-state index in [2.05, 4.69) is 104 Å². The Bertz CT molecular complexity index is 1320. The molecule has 1 nitrogen and oxygen atoms in total. The second-order valence-electron chi connectivity index (χ2n) is 8.86. The highest BCUT2D eigenvalue weighted by atomic mass is 31.2.